The van der Waals surface area contributed by atoms with Crippen LogP contribution >= 0.6 is 0 Å². The van der Waals surface area contributed by atoms with Crippen molar-refractivity contribution in [2.45, 2.75) is 26.5 Å². The Kier molecular flexibility index (Phi) is 2.87. The fourth-order valence-electron chi connectivity index (χ4n) is 1.42. The minimum atomic E-state index is -0.951. The van der Waals surface area contributed by atoms with Crippen molar-refractivity contribution in [3.05, 3.63) is 0 Å². The van der Waals surface area contributed by atoms with Crippen LogP contribution in [0.3, 0.4) is 0 Å². The van der Waals surface area contributed by atoms with Gasteiger partial charge in [0.1, 0.15) is 6.23 Å². The fraction of sp³-hybridized carbons (Fsp3) is 0.750. The van der Waals surface area contributed by atoms with Gasteiger partial charge in [0.2, 0.25) is 5.91 Å². The molecule has 1 rings (SSSR count). The summed E-state index contributed by atoms with van der Waals surface area (Å²) in [5.74, 6) is -0.301. The Morgan fingerprint density at radius 1 is 1.38 bits per heavy atom. The van der Waals surface area contributed by atoms with E-state index in [9.17, 15) is 14.7 Å². The predicted molar refractivity (Wildman–Crippen MR) is 45.8 cm³/mol. The highest BCUT2D eigenvalue weighted by Crippen LogP contribution is 2.14. The molecule has 0 aliphatic carbocycles. The molecule has 0 spiro atoms. The van der Waals surface area contributed by atoms with Gasteiger partial charge in [-0.05, 0) is 13.8 Å². The highest BCUT2D eigenvalue weighted by molar-refractivity contribution is 5.97. The van der Waals surface area contributed by atoms with E-state index in [2.05, 4.69) is 0 Å². The van der Waals surface area contributed by atoms with Crippen LogP contribution in [0.5, 0.6) is 0 Å². The Balaban J connectivity index is 2.81. The van der Waals surface area contributed by atoms with Gasteiger partial charge in [0, 0.05) is 13.1 Å². The lowest BCUT2D eigenvalue weighted by Gasteiger charge is -2.36. The van der Waals surface area contributed by atoms with Crippen LogP contribution in [-0.4, -0.2) is 46.2 Å². The molecule has 1 atom stereocenters. The molecule has 5 nitrogen and oxygen atoms in total. The van der Waals surface area contributed by atoms with Gasteiger partial charge in [-0.2, -0.15) is 0 Å². The van der Waals surface area contributed by atoms with Gasteiger partial charge in [-0.15, -0.1) is 0 Å². The van der Waals surface area contributed by atoms with E-state index in [-0.39, 0.29) is 12.3 Å². The molecule has 0 aromatic heterocycles. The number of carbonyl (C=O) groups excluding carboxylic acids is 2. The Morgan fingerprint density at radius 3 is 2.46 bits per heavy atom. The summed E-state index contributed by atoms with van der Waals surface area (Å²) >= 11 is 0. The van der Waals surface area contributed by atoms with Gasteiger partial charge in [0.05, 0.1) is 6.42 Å². The number of amides is 3. The first kappa shape index (κ1) is 9.98. The monoisotopic (exact) mass is 186 g/mol. The van der Waals surface area contributed by atoms with E-state index in [1.807, 2.05) is 0 Å². The zero-order chi connectivity index (χ0) is 10.0. The molecule has 1 N–H and O–H groups in total. The summed E-state index contributed by atoms with van der Waals surface area (Å²) in [4.78, 5) is 25.1. The molecule has 1 aliphatic heterocycles. The van der Waals surface area contributed by atoms with Crippen molar-refractivity contribution in [2.24, 2.45) is 0 Å². The molecule has 0 radical (unpaired) electrons. The molecule has 0 bridgehead atoms. The number of carbonyl (C=O) groups is 2. The standard InChI is InChI=1S/C8H14N2O3/c1-3-9-6(11)5-7(12)10(4-2)8(9)13/h6,11H,3-5H2,1-2H3. The smallest absolute Gasteiger partial charge is 0.328 e. The molecule has 3 amide bonds. The molecule has 0 saturated carbocycles. The van der Waals surface area contributed by atoms with Crippen molar-refractivity contribution in [3.8, 4) is 0 Å². The summed E-state index contributed by atoms with van der Waals surface area (Å²) in [7, 11) is 0. The van der Waals surface area contributed by atoms with Crippen molar-refractivity contribution in [2.75, 3.05) is 13.1 Å². The van der Waals surface area contributed by atoms with Gasteiger partial charge in [-0.1, -0.05) is 0 Å². The lowest BCUT2D eigenvalue weighted by molar-refractivity contribution is -0.138. The highest BCUT2D eigenvalue weighted by atomic mass is 16.3. The van der Waals surface area contributed by atoms with Crippen molar-refractivity contribution in [3.63, 3.8) is 0 Å². The Hall–Kier alpha value is -1.10. The molecule has 1 heterocycles. The SMILES string of the molecule is CCN1C(=O)CC(O)N(CC)C1=O. The molecular formula is C8H14N2O3. The van der Waals surface area contributed by atoms with Crippen LogP contribution in [0.1, 0.15) is 20.3 Å². The Bertz CT molecular complexity index is 229. The van der Waals surface area contributed by atoms with Crippen LogP contribution < -0.4 is 0 Å². The third kappa shape index (κ3) is 1.65. The fourth-order valence-corrected chi connectivity index (χ4v) is 1.42. The molecule has 0 aromatic rings. The summed E-state index contributed by atoms with van der Waals surface area (Å²) in [6.45, 7) is 4.29. The van der Waals surface area contributed by atoms with Crippen LogP contribution in [0, 0.1) is 0 Å². The second-order valence-corrected chi connectivity index (χ2v) is 2.89. The van der Waals surface area contributed by atoms with E-state index < -0.39 is 12.3 Å². The number of imide groups is 1. The van der Waals surface area contributed by atoms with E-state index in [1.54, 1.807) is 13.8 Å². The minimum absolute atomic E-state index is 0.00736. The second kappa shape index (κ2) is 3.74. The lowest BCUT2D eigenvalue weighted by Crippen LogP contribution is -2.56. The normalized spacial score (nSPS) is 24.1. The molecule has 1 fully saturated rings. The van der Waals surface area contributed by atoms with Crippen LogP contribution in [0.25, 0.3) is 0 Å². The number of hydrogen-bond acceptors (Lipinski definition) is 3. The first-order valence-electron chi connectivity index (χ1n) is 4.40. The maximum atomic E-state index is 11.5. The van der Waals surface area contributed by atoms with Crippen molar-refractivity contribution >= 4 is 11.9 Å². The van der Waals surface area contributed by atoms with Gasteiger partial charge in [0.15, 0.2) is 0 Å². The lowest BCUT2D eigenvalue weighted by atomic mass is 10.2. The quantitative estimate of drug-likeness (QED) is 0.660. The molecule has 1 saturated heterocycles. The molecule has 1 aliphatic rings. The number of aliphatic hydroxyl groups is 1. The number of hydrogen-bond donors (Lipinski definition) is 1. The first-order valence-corrected chi connectivity index (χ1v) is 4.40. The predicted octanol–water partition coefficient (Wildman–Crippen LogP) is -0.00110. The van der Waals surface area contributed by atoms with Gasteiger partial charge in [-0.25, -0.2) is 4.79 Å². The van der Waals surface area contributed by atoms with Crippen LogP contribution in [0.4, 0.5) is 4.79 Å². The third-order valence-electron chi connectivity index (χ3n) is 2.15. The van der Waals surface area contributed by atoms with Crippen LogP contribution in [0.2, 0.25) is 0 Å². The van der Waals surface area contributed by atoms with E-state index in [0.717, 1.165) is 4.90 Å². The molecule has 5 heteroatoms. The van der Waals surface area contributed by atoms with Gasteiger partial charge >= 0.3 is 6.03 Å². The Morgan fingerprint density at radius 2 is 2.00 bits per heavy atom. The van der Waals surface area contributed by atoms with Crippen molar-refractivity contribution in [1.82, 2.24) is 9.80 Å². The van der Waals surface area contributed by atoms with E-state index in [4.69, 9.17) is 0 Å². The zero-order valence-electron chi connectivity index (χ0n) is 7.86. The van der Waals surface area contributed by atoms with E-state index >= 15 is 0 Å². The number of urea groups is 1. The molecule has 0 aromatic carbocycles. The van der Waals surface area contributed by atoms with Gasteiger partial charge in [-0.3, -0.25) is 14.6 Å². The summed E-state index contributed by atoms with van der Waals surface area (Å²) < 4.78 is 0. The molecule has 1 unspecified atom stereocenters. The van der Waals surface area contributed by atoms with Crippen LogP contribution in [0.15, 0.2) is 0 Å². The van der Waals surface area contributed by atoms with Crippen molar-refractivity contribution < 1.29 is 14.7 Å². The van der Waals surface area contributed by atoms with Crippen molar-refractivity contribution in [1.29, 1.82) is 0 Å². The minimum Gasteiger partial charge on any atom is -0.373 e. The molecular weight excluding hydrogens is 172 g/mol. The van der Waals surface area contributed by atoms with Gasteiger partial charge < -0.3 is 5.11 Å². The average Bonchev–Trinajstić information content (AvgIpc) is 2.04. The number of nitrogens with zero attached hydrogens (tertiary/aromatic N) is 2. The number of rotatable bonds is 2. The highest BCUT2D eigenvalue weighted by Gasteiger charge is 2.35. The molecule has 13 heavy (non-hydrogen) atoms. The largest absolute Gasteiger partial charge is 0.373 e. The summed E-state index contributed by atoms with van der Waals surface area (Å²) in [6, 6.07) is -0.395. The van der Waals surface area contributed by atoms with E-state index in [1.165, 1.54) is 4.90 Å². The van der Waals surface area contributed by atoms with E-state index in [0.29, 0.717) is 13.1 Å². The van der Waals surface area contributed by atoms with Crippen LogP contribution in [-0.2, 0) is 4.79 Å². The zero-order valence-corrected chi connectivity index (χ0v) is 7.86. The first-order chi connectivity index (χ1) is 6.11. The van der Waals surface area contributed by atoms with Gasteiger partial charge in [0.25, 0.3) is 0 Å². The summed E-state index contributed by atoms with van der Waals surface area (Å²) in [5, 5.41) is 9.38. The summed E-state index contributed by atoms with van der Waals surface area (Å²) in [5.41, 5.74) is 0. The Labute approximate surface area is 76.9 Å². The maximum absolute atomic E-state index is 11.5. The second-order valence-electron chi connectivity index (χ2n) is 2.89. The average molecular weight is 186 g/mol. The number of aliphatic hydroxyl groups excluding tert-OH is 1. The maximum Gasteiger partial charge on any atom is 0.328 e. The summed E-state index contributed by atoms with van der Waals surface area (Å²) in [6.07, 6.45) is -0.944. The topological polar surface area (TPSA) is 60.9 Å². The third-order valence-corrected chi connectivity index (χ3v) is 2.15. The molecule has 74 valence electrons.